The zero-order chi connectivity index (χ0) is 21.7. The summed E-state index contributed by atoms with van der Waals surface area (Å²) in [4.78, 5) is 24.3. The molecule has 0 aliphatic heterocycles. The lowest BCUT2D eigenvalue weighted by Gasteiger charge is -2.11. The van der Waals surface area contributed by atoms with Crippen molar-refractivity contribution in [2.24, 2.45) is 0 Å². The van der Waals surface area contributed by atoms with E-state index in [0.717, 1.165) is 12.1 Å². The largest absolute Gasteiger partial charge is 0.465 e. The minimum atomic E-state index is -4.01. The molecule has 9 heteroatoms. The molecule has 3 rings (SSSR count). The van der Waals surface area contributed by atoms with Crippen LogP contribution in [0.15, 0.2) is 77.7 Å². The van der Waals surface area contributed by atoms with Gasteiger partial charge in [-0.25, -0.2) is 17.6 Å². The number of hydrogen-bond acceptors (Lipinski definition) is 5. The van der Waals surface area contributed by atoms with Gasteiger partial charge in [0, 0.05) is 11.3 Å². The van der Waals surface area contributed by atoms with Crippen molar-refractivity contribution >= 4 is 33.3 Å². The van der Waals surface area contributed by atoms with Crippen LogP contribution >= 0.6 is 0 Å². The van der Waals surface area contributed by atoms with Crippen molar-refractivity contribution in [3.8, 4) is 0 Å². The summed E-state index contributed by atoms with van der Waals surface area (Å²) in [7, 11) is -2.78. The third-order valence-corrected chi connectivity index (χ3v) is 5.46. The normalized spacial score (nSPS) is 10.9. The quantitative estimate of drug-likeness (QED) is 0.584. The van der Waals surface area contributed by atoms with E-state index in [4.69, 9.17) is 4.74 Å². The first-order valence-corrected chi connectivity index (χ1v) is 10.2. The Labute approximate surface area is 172 Å². The van der Waals surface area contributed by atoms with Crippen LogP contribution in [-0.2, 0) is 14.8 Å². The van der Waals surface area contributed by atoms with Crippen LogP contribution in [0.5, 0.6) is 0 Å². The number of benzene rings is 3. The summed E-state index contributed by atoms with van der Waals surface area (Å²) in [6, 6.07) is 16.5. The van der Waals surface area contributed by atoms with E-state index in [1.165, 1.54) is 55.6 Å². The van der Waals surface area contributed by atoms with Crippen molar-refractivity contribution in [2.45, 2.75) is 4.90 Å². The first-order chi connectivity index (χ1) is 14.3. The molecular weight excluding hydrogens is 411 g/mol. The van der Waals surface area contributed by atoms with Crippen molar-refractivity contribution in [2.75, 3.05) is 17.1 Å². The lowest BCUT2D eigenvalue weighted by molar-refractivity contribution is 0.0602. The van der Waals surface area contributed by atoms with E-state index in [2.05, 4.69) is 10.0 Å². The van der Waals surface area contributed by atoms with E-state index in [-0.39, 0.29) is 27.4 Å². The van der Waals surface area contributed by atoms with Gasteiger partial charge in [-0.2, -0.15) is 0 Å². The Kier molecular flexibility index (Phi) is 6.12. The summed E-state index contributed by atoms with van der Waals surface area (Å²) < 4.78 is 45.2. The highest BCUT2D eigenvalue weighted by Crippen LogP contribution is 2.20. The maximum absolute atomic E-state index is 13.0. The number of anilines is 2. The number of carbonyl (C=O) groups is 2. The van der Waals surface area contributed by atoms with Crippen LogP contribution in [0.2, 0.25) is 0 Å². The second-order valence-corrected chi connectivity index (χ2v) is 7.81. The third-order valence-electron chi connectivity index (χ3n) is 4.08. The standard InChI is InChI=1S/C21H17FN2O5S/c1-29-21(26)18-7-2-3-8-19(18)23-20(25)14-5-4-6-17(13-14)30(27,28)24-16-11-9-15(22)10-12-16/h2-13,24H,1H3,(H,23,25). The molecule has 7 nitrogen and oxygen atoms in total. The molecule has 0 saturated heterocycles. The van der Waals surface area contributed by atoms with Gasteiger partial charge in [0.15, 0.2) is 0 Å². The number of rotatable bonds is 6. The molecule has 0 saturated carbocycles. The van der Waals surface area contributed by atoms with Crippen LogP contribution < -0.4 is 10.0 Å². The van der Waals surface area contributed by atoms with Crippen LogP contribution in [0.25, 0.3) is 0 Å². The fourth-order valence-electron chi connectivity index (χ4n) is 2.61. The Balaban J connectivity index is 1.84. The molecule has 0 heterocycles. The van der Waals surface area contributed by atoms with Gasteiger partial charge in [0.1, 0.15) is 5.82 Å². The number of methoxy groups -OCH3 is 1. The van der Waals surface area contributed by atoms with Gasteiger partial charge in [0.05, 0.1) is 23.3 Å². The predicted molar refractivity (Wildman–Crippen MR) is 109 cm³/mol. The third kappa shape index (κ3) is 4.81. The first-order valence-electron chi connectivity index (χ1n) is 8.67. The van der Waals surface area contributed by atoms with E-state index < -0.39 is 27.7 Å². The zero-order valence-corrected chi connectivity index (χ0v) is 16.6. The SMILES string of the molecule is COC(=O)c1ccccc1NC(=O)c1cccc(S(=O)(=O)Nc2ccc(F)cc2)c1. The van der Waals surface area contributed by atoms with E-state index in [1.807, 2.05) is 0 Å². The van der Waals surface area contributed by atoms with Crippen LogP contribution in [0.3, 0.4) is 0 Å². The van der Waals surface area contributed by atoms with Crippen molar-refractivity contribution in [3.05, 3.63) is 89.7 Å². The fraction of sp³-hybridized carbons (Fsp3) is 0.0476. The molecule has 0 atom stereocenters. The lowest BCUT2D eigenvalue weighted by Crippen LogP contribution is -2.17. The van der Waals surface area contributed by atoms with E-state index >= 15 is 0 Å². The monoisotopic (exact) mass is 428 g/mol. The summed E-state index contributed by atoms with van der Waals surface area (Å²) in [6.45, 7) is 0. The van der Waals surface area contributed by atoms with Gasteiger partial charge >= 0.3 is 5.97 Å². The van der Waals surface area contributed by atoms with E-state index in [9.17, 15) is 22.4 Å². The number of esters is 1. The van der Waals surface area contributed by atoms with E-state index in [1.54, 1.807) is 12.1 Å². The highest BCUT2D eigenvalue weighted by Gasteiger charge is 2.18. The number of sulfonamides is 1. The van der Waals surface area contributed by atoms with Crippen molar-refractivity contribution in [1.82, 2.24) is 0 Å². The molecule has 0 spiro atoms. The molecule has 0 bridgehead atoms. The second-order valence-electron chi connectivity index (χ2n) is 6.13. The summed E-state index contributed by atoms with van der Waals surface area (Å²) in [5, 5.41) is 2.58. The molecule has 0 radical (unpaired) electrons. The average Bonchev–Trinajstić information content (AvgIpc) is 2.75. The molecule has 0 fully saturated rings. The molecule has 154 valence electrons. The molecule has 0 aliphatic rings. The van der Waals surface area contributed by atoms with Gasteiger partial charge in [0.2, 0.25) is 0 Å². The lowest BCUT2D eigenvalue weighted by atomic mass is 10.1. The number of ether oxygens (including phenoxy) is 1. The Bertz CT molecular complexity index is 1190. The van der Waals surface area contributed by atoms with Crippen LogP contribution in [-0.4, -0.2) is 27.4 Å². The number of halogens is 1. The highest BCUT2D eigenvalue weighted by molar-refractivity contribution is 7.92. The molecule has 0 aromatic heterocycles. The number of amides is 1. The van der Waals surface area contributed by atoms with Gasteiger partial charge in [-0.3, -0.25) is 9.52 Å². The number of carbonyl (C=O) groups excluding carboxylic acids is 2. The Morgan fingerprint density at radius 2 is 1.63 bits per heavy atom. The Hall–Kier alpha value is -3.72. The van der Waals surface area contributed by atoms with Crippen molar-refractivity contribution in [3.63, 3.8) is 0 Å². The molecule has 1 amide bonds. The number of para-hydroxylation sites is 1. The van der Waals surface area contributed by atoms with Crippen molar-refractivity contribution in [1.29, 1.82) is 0 Å². The molecule has 30 heavy (non-hydrogen) atoms. The smallest absolute Gasteiger partial charge is 0.339 e. The summed E-state index contributed by atoms with van der Waals surface area (Å²) in [5.74, 6) is -1.72. The average molecular weight is 428 g/mol. The maximum Gasteiger partial charge on any atom is 0.339 e. The first kappa shape index (κ1) is 21.0. The topological polar surface area (TPSA) is 102 Å². The maximum atomic E-state index is 13.0. The molecule has 3 aromatic carbocycles. The zero-order valence-electron chi connectivity index (χ0n) is 15.8. The molecular formula is C21H17FN2O5S. The fourth-order valence-corrected chi connectivity index (χ4v) is 3.72. The predicted octanol–water partition coefficient (Wildman–Crippen LogP) is 3.67. The highest BCUT2D eigenvalue weighted by atomic mass is 32.2. The van der Waals surface area contributed by atoms with E-state index in [0.29, 0.717) is 0 Å². The van der Waals surface area contributed by atoms with Crippen LogP contribution in [0.1, 0.15) is 20.7 Å². The van der Waals surface area contributed by atoms with Crippen LogP contribution in [0, 0.1) is 5.82 Å². The molecule has 0 unspecified atom stereocenters. The molecule has 0 aliphatic carbocycles. The van der Waals surface area contributed by atoms with Gasteiger partial charge in [-0.15, -0.1) is 0 Å². The summed E-state index contributed by atoms with van der Waals surface area (Å²) >= 11 is 0. The Morgan fingerprint density at radius 1 is 0.933 bits per heavy atom. The van der Waals surface area contributed by atoms with Gasteiger partial charge < -0.3 is 10.1 Å². The van der Waals surface area contributed by atoms with Gasteiger partial charge in [0.25, 0.3) is 15.9 Å². The second kappa shape index (κ2) is 8.75. The molecule has 2 N–H and O–H groups in total. The summed E-state index contributed by atoms with van der Waals surface area (Å²) in [5.41, 5.74) is 0.636. The van der Waals surface area contributed by atoms with Crippen LogP contribution in [0.4, 0.5) is 15.8 Å². The molecule has 3 aromatic rings. The van der Waals surface area contributed by atoms with Crippen molar-refractivity contribution < 1.29 is 27.1 Å². The minimum Gasteiger partial charge on any atom is -0.465 e. The van der Waals surface area contributed by atoms with Gasteiger partial charge in [-0.1, -0.05) is 18.2 Å². The Morgan fingerprint density at radius 3 is 2.33 bits per heavy atom. The number of hydrogen-bond donors (Lipinski definition) is 2. The summed E-state index contributed by atoms with van der Waals surface area (Å²) in [6.07, 6.45) is 0. The number of nitrogens with one attached hydrogen (secondary N) is 2. The van der Waals surface area contributed by atoms with Gasteiger partial charge in [-0.05, 0) is 54.6 Å². The minimum absolute atomic E-state index is 0.0663.